The molecular formula is C9H13N3OS. The van der Waals surface area contributed by atoms with Gasteiger partial charge in [0.1, 0.15) is 0 Å². The summed E-state index contributed by atoms with van der Waals surface area (Å²) in [5, 5.41) is 6.21. The number of amides is 1. The average Bonchev–Trinajstić information content (AvgIpc) is 2.75. The van der Waals surface area contributed by atoms with Gasteiger partial charge in [-0.1, -0.05) is 0 Å². The van der Waals surface area contributed by atoms with Crippen molar-refractivity contribution in [2.75, 3.05) is 6.54 Å². The Morgan fingerprint density at radius 2 is 2.64 bits per heavy atom. The fourth-order valence-corrected chi connectivity index (χ4v) is 2.24. The Balaban J connectivity index is 1.89. The maximum Gasteiger partial charge on any atom is 0.221 e. The maximum atomic E-state index is 11.0. The fraction of sp³-hybridized carbons (Fsp3) is 0.556. The Labute approximate surface area is 86.7 Å². The van der Waals surface area contributed by atoms with Gasteiger partial charge in [0.2, 0.25) is 5.91 Å². The second-order valence-corrected chi connectivity index (χ2v) is 4.42. The molecule has 2 heterocycles. The summed E-state index contributed by atoms with van der Waals surface area (Å²) in [5.41, 5.74) is 1.82. The summed E-state index contributed by atoms with van der Waals surface area (Å²) < 4.78 is 0. The van der Waals surface area contributed by atoms with Crippen molar-refractivity contribution < 1.29 is 4.79 Å². The van der Waals surface area contributed by atoms with Crippen LogP contribution in [0.15, 0.2) is 11.7 Å². The molecule has 76 valence electrons. The van der Waals surface area contributed by atoms with Crippen molar-refractivity contribution in [3.05, 3.63) is 16.6 Å². The van der Waals surface area contributed by atoms with Crippen molar-refractivity contribution >= 4 is 17.2 Å². The van der Waals surface area contributed by atoms with E-state index in [1.165, 1.54) is 4.88 Å². The number of carbonyl (C=O) groups is 1. The van der Waals surface area contributed by atoms with Crippen LogP contribution in [0.5, 0.6) is 0 Å². The number of rotatable bonds is 3. The molecule has 14 heavy (non-hydrogen) atoms. The van der Waals surface area contributed by atoms with Gasteiger partial charge >= 0.3 is 0 Å². The minimum atomic E-state index is 0.138. The van der Waals surface area contributed by atoms with Gasteiger partial charge in [0.25, 0.3) is 0 Å². The van der Waals surface area contributed by atoms with E-state index in [2.05, 4.69) is 22.5 Å². The Morgan fingerprint density at radius 1 is 1.79 bits per heavy atom. The predicted molar refractivity (Wildman–Crippen MR) is 55.1 cm³/mol. The van der Waals surface area contributed by atoms with Crippen LogP contribution >= 0.6 is 11.3 Å². The number of nitrogens with zero attached hydrogens (tertiary/aromatic N) is 1. The zero-order chi connectivity index (χ0) is 9.97. The topological polar surface area (TPSA) is 54.0 Å². The highest BCUT2D eigenvalue weighted by Gasteiger charge is 2.23. The maximum absolute atomic E-state index is 11.0. The second-order valence-electron chi connectivity index (χ2n) is 3.50. The van der Waals surface area contributed by atoms with Gasteiger partial charge in [-0.15, -0.1) is 11.3 Å². The first-order valence-electron chi connectivity index (χ1n) is 4.67. The summed E-state index contributed by atoms with van der Waals surface area (Å²) in [7, 11) is 0. The number of hydrogen-bond donors (Lipinski definition) is 2. The minimum Gasteiger partial charge on any atom is -0.354 e. The summed E-state index contributed by atoms with van der Waals surface area (Å²) in [6.45, 7) is 2.83. The molecule has 2 atom stereocenters. The first-order valence-corrected chi connectivity index (χ1v) is 5.55. The van der Waals surface area contributed by atoms with E-state index in [1.54, 1.807) is 11.3 Å². The van der Waals surface area contributed by atoms with Gasteiger partial charge in [0.05, 0.1) is 5.51 Å². The number of nitrogens with one attached hydrogen (secondary N) is 2. The minimum absolute atomic E-state index is 0.138. The summed E-state index contributed by atoms with van der Waals surface area (Å²) in [6, 6.07) is 0.541. The van der Waals surface area contributed by atoms with Crippen LogP contribution in [0.2, 0.25) is 0 Å². The number of carbonyl (C=O) groups excluding carboxylic acids is 1. The van der Waals surface area contributed by atoms with E-state index in [0.717, 1.165) is 6.54 Å². The zero-order valence-corrected chi connectivity index (χ0v) is 8.80. The first-order chi connectivity index (χ1) is 6.75. The molecule has 1 aliphatic heterocycles. The second kappa shape index (κ2) is 4.06. The van der Waals surface area contributed by atoms with E-state index >= 15 is 0 Å². The fourth-order valence-electron chi connectivity index (χ4n) is 1.60. The van der Waals surface area contributed by atoms with Crippen molar-refractivity contribution in [3.8, 4) is 0 Å². The highest BCUT2D eigenvalue weighted by molar-refractivity contribution is 7.09. The van der Waals surface area contributed by atoms with E-state index in [4.69, 9.17) is 0 Å². The smallest absolute Gasteiger partial charge is 0.221 e. The van der Waals surface area contributed by atoms with Gasteiger partial charge in [-0.25, -0.2) is 0 Å². The van der Waals surface area contributed by atoms with E-state index in [1.807, 2.05) is 11.7 Å². The summed E-state index contributed by atoms with van der Waals surface area (Å²) >= 11 is 1.64. The van der Waals surface area contributed by atoms with E-state index in [0.29, 0.717) is 6.42 Å². The molecule has 0 aromatic carbocycles. The third kappa shape index (κ3) is 2.10. The normalized spacial score (nSPS) is 23.5. The molecule has 0 saturated carbocycles. The first kappa shape index (κ1) is 9.61. The number of thiazole rings is 1. The largest absolute Gasteiger partial charge is 0.354 e. The lowest BCUT2D eigenvalue weighted by Gasteiger charge is -2.16. The Kier molecular flexibility index (Phi) is 2.79. The number of aromatic nitrogens is 1. The molecule has 0 bridgehead atoms. The summed E-state index contributed by atoms with van der Waals surface area (Å²) in [6.07, 6.45) is 2.45. The van der Waals surface area contributed by atoms with Crippen molar-refractivity contribution in [1.82, 2.24) is 15.6 Å². The lowest BCUT2D eigenvalue weighted by atomic mass is 10.2. The van der Waals surface area contributed by atoms with Crippen LogP contribution in [0.1, 0.15) is 24.3 Å². The Hall–Kier alpha value is -0.940. The van der Waals surface area contributed by atoms with Gasteiger partial charge in [0, 0.05) is 36.1 Å². The van der Waals surface area contributed by atoms with E-state index in [9.17, 15) is 4.79 Å². The van der Waals surface area contributed by atoms with Crippen LogP contribution in [0.4, 0.5) is 0 Å². The molecule has 2 N–H and O–H groups in total. The van der Waals surface area contributed by atoms with Crippen molar-refractivity contribution in [2.45, 2.75) is 25.4 Å². The van der Waals surface area contributed by atoms with Gasteiger partial charge in [-0.2, -0.15) is 0 Å². The van der Waals surface area contributed by atoms with E-state index < -0.39 is 0 Å². The molecule has 2 unspecified atom stereocenters. The van der Waals surface area contributed by atoms with Crippen LogP contribution in [-0.4, -0.2) is 23.5 Å². The predicted octanol–water partition coefficient (Wildman–Crippen LogP) is 0.682. The molecule has 1 saturated heterocycles. The third-order valence-corrected chi connectivity index (χ3v) is 3.30. The lowest BCUT2D eigenvalue weighted by molar-refractivity contribution is -0.119. The highest BCUT2D eigenvalue weighted by Crippen LogP contribution is 2.17. The van der Waals surface area contributed by atoms with Gasteiger partial charge in [-0.3, -0.25) is 9.78 Å². The molecule has 1 aliphatic rings. The van der Waals surface area contributed by atoms with Crippen LogP contribution < -0.4 is 10.6 Å². The molecule has 5 heteroatoms. The molecule has 4 nitrogen and oxygen atoms in total. The van der Waals surface area contributed by atoms with Crippen molar-refractivity contribution in [3.63, 3.8) is 0 Å². The average molecular weight is 211 g/mol. The molecule has 2 rings (SSSR count). The van der Waals surface area contributed by atoms with Crippen LogP contribution in [0.25, 0.3) is 0 Å². The van der Waals surface area contributed by atoms with Gasteiger partial charge < -0.3 is 10.6 Å². The number of hydrogen-bond acceptors (Lipinski definition) is 4. The molecular weight excluding hydrogens is 198 g/mol. The molecule has 0 radical (unpaired) electrons. The molecule has 1 fully saturated rings. The SMILES string of the molecule is CC(NC1CNC(=O)C1)c1cncs1. The Morgan fingerprint density at radius 3 is 3.21 bits per heavy atom. The van der Waals surface area contributed by atoms with Crippen LogP contribution in [0.3, 0.4) is 0 Å². The molecule has 1 aromatic heterocycles. The van der Waals surface area contributed by atoms with Crippen LogP contribution in [-0.2, 0) is 4.79 Å². The van der Waals surface area contributed by atoms with Crippen molar-refractivity contribution in [1.29, 1.82) is 0 Å². The van der Waals surface area contributed by atoms with E-state index in [-0.39, 0.29) is 18.0 Å². The van der Waals surface area contributed by atoms with Crippen molar-refractivity contribution in [2.24, 2.45) is 0 Å². The third-order valence-electron chi connectivity index (χ3n) is 2.34. The summed E-state index contributed by atoms with van der Waals surface area (Å²) in [5.74, 6) is 0.138. The quantitative estimate of drug-likeness (QED) is 0.773. The van der Waals surface area contributed by atoms with Gasteiger partial charge in [0.15, 0.2) is 0 Å². The molecule has 0 spiro atoms. The Bertz CT molecular complexity index is 312. The molecule has 1 amide bonds. The summed E-state index contributed by atoms with van der Waals surface area (Å²) in [4.78, 5) is 16.2. The molecule has 1 aromatic rings. The molecule has 0 aliphatic carbocycles. The zero-order valence-electron chi connectivity index (χ0n) is 7.99. The monoisotopic (exact) mass is 211 g/mol. The lowest BCUT2D eigenvalue weighted by Crippen LogP contribution is -2.32. The van der Waals surface area contributed by atoms with Gasteiger partial charge in [-0.05, 0) is 6.92 Å². The highest BCUT2D eigenvalue weighted by atomic mass is 32.1. The standard InChI is InChI=1S/C9H13N3OS/c1-6(8-4-10-5-14-8)12-7-2-9(13)11-3-7/h4-7,12H,2-3H2,1H3,(H,11,13). The van der Waals surface area contributed by atoms with Crippen LogP contribution in [0, 0.1) is 0 Å².